The second-order valence-electron chi connectivity index (χ2n) is 5.89. The van der Waals surface area contributed by atoms with E-state index in [0.29, 0.717) is 13.1 Å². The number of carbonyl (C=O) groups is 2. The summed E-state index contributed by atoms with van der Waals surface area (Å²) in [5, 5.41) is 3.21. The highest BCUT2D eigenvalue weighted by atomic mass is 19.1. The molecule has 0 aromatic heterocycles. The summed E-state index contributed by atoms with van der Waals surface area (Å²) >= 11 is 0. The average Bonchev–Trinajstić information content (AvgIpc) is 2.84. The first-order valence-electron chi connectivity index (χ1n) is 7.58. The fraction of sp³-hybridized carbons (Fsp3) is 0.500. The fourth-order valence-electron chi connectivity index (χ4n) is 3.33. The Morgan fingerprint density at radius 2 is 1.86 bits per heavy atom. The highest BCUT2D eigenvalue weighted by Gasteiger charge is 2.44. The Bertz CT molecular complexity index is 569. The van der Waals surface area contributed by atoms with Crippen molar-refractivity contribution in [2.24, 2.45) is 5.92 Å². The molecule has 5 nitrogen and oxygen atoms in total. The summed E-state index contributed by atoms with van der Waals surface area (Å²) in [6, 6.07) is 5.76. The van der Waals surface area contributed by atoms with Crippen molar-refractivity contribution in [3.63, 3.8) is 0 Å². The molecule has 0 bridgehead atoms. The Labute approximate surface area is 129 Å². The average molecular weight is 305 g/mol. The van der Waals surface area contributed by atoms with Crippen molar-refractivity contribution in [1.29, 1.82) is 0 Å². The zero-order valence-corrected chi connectivity index (χ0v) is 12.6. The van der Waals surface area contributed by atoms with Crippen molar-refractivity contribution in [2.75, 3.05) is 33.2 Å². The molecular formula is C16H20FN3O2. The lowest BCUT2D eigenvalue weighted by Crippen LogP contribution is -2.49. The van der Waals surface area contributed by atoms with Crippen molar-refractivity contribution < 1.29 is 14.0 Å². The molecule has 2 fully saturated rings. The molecule has 0 radical (unpaired) electrons. The van der Waals surface area contributed by atoms with Gasteiger partial charge in [-0.2, -0.15) is 0 Å². The SMILES string of the molecule is CN1C(=O)C[C@@H](C(=O)N2CCNCC2)[C@H]1c1ccc(F)cc1. The van der Waals surface area contributed by atoms with E-state index in [2.05, 4.69) is 5.32 Å². The Kier molecular flexibility index (Phi) is 4.11. The van der Waals surface area contributed by atoms with Crippen molar-refractivity contribution in [1.82, 2.24) is 15.1 Å². The number of hydrogen-bond acceptors (Lipinski definition) is 3. The number of piperazine rings is 1. The Hall–Kier alpha value is -1.95. The smallest absolute Gasteiger partial charge is 0.228 e. The number of halogens is 1. The lowest BCUT2D eigenvalue weighted by Gasteiger charge is -2.32. The van der Waals surface area contributed by atoms with Gasteiger partial charge in [0, 0.05) is 39.6 Å². The minimum Gasteiger partial charge on any atom is -0.340 e. The maximum absolute atomic E-state index is 13.1. The first kappa shape index (κ1) is 15.0. The second-order valence-corrected chi connectivity index (χ2v) is 5.89. The zero-order chi connectivity index (χ0) is 15.7. The van der Waals surface area contributed by atoms with E-state index in [1.54, 1.807) is 24.1 Å². The first-order chi connectivity index (χ1) is 10.6. The van der Waals surface area contributed by atoms with Gasteiger partial charge >= 0.3 is 0 Å². The molecule has 1 aromatic carbocycles. The number of rotatable bonds is 2. The molecule has 2 aliphatic rings. The van der Waals surface area contributed by atoms with Gasteiger partial charge in [-0.25, -0.2) is 4.39 Å². The maximum atomic E-state index is 13.1. The molecule has 1 aromatic rings. The third kappa shape index (κ3) is 2.70. The van der Waals surface area contributed by atoms with Crippen LogP contribution in [0.4, 0.5) is 4.39 Å². The molecule has 2 saturated heterocycles. The van der Waals surface area contributed by atoms with Crippen LogP contribution in [0, 0.1) is 11.7 Å². The topological polar surface area (TPSA) is 52.7 Å². The second kappa shape index (κ2) is 6.04. The number of carbonyl (C=O) groups excluding carboxylic acids is 2. The van der Waals surface area contributed by atoms with E-state index >= 15 is 0 Å². The quantitative estimate of drug-likeness (QED) is 0.878. The maximum Gasteiger partial charge on any atom is 0.228 e. The number of nitrogens with one attached hydrogen (secondary N) is 1. The van der Waals surface area contributed by atoms with Crippen LogP contribution in [0.2, 0.25) is 0 Å². The summed E-state index contributed by atoms with van der Waals surface area (Å²) < 4.78 is 13.1. The summed E-state index contributed by atoms with van der Waals surface area (Å²) in [6.07, 6.45) is 0.224. The van der Waals surface area contributed by atoms with Crippen LogP contribution in [-0.4, -0.2) is 54.8 Å². The van der Waals surface area contributed by atoms with Crippen LogP contribution >= 0.6 is 0 Å². The van der Waals surface area contributed by atoms with Crippen LogP contribution in [0.5, 0.6) is 0 Å². The highest BCUT2D eigenvalue weighted by molar-refractivity contribution is 5.90. The summed E-state index contributed by atoms with van der Waals surface area (Å²) in [5.74, 6) is -0.724. The Morgan fingerprint density at radius 3 is 2.50 bits per heavy atom. The third-order valence-electron chi connectivity index (χ3n) is 4.54. The van der Waals surface area contributed by atoms with Crippen LogP contribution in [0.1, 0.15) is 18.0 Å². The normalized spacial score (nSPS) is 25.6. The monoisotopic (exact) mass is 305 g/mol. The van der Waals surface area contributed by atoms with Gasteiger partial charge in [-0.15, -0.1) is 0 Å². The van der Waals surface area contributed by atoms with Gasteiger partial charge in [-0.1, -0.05) is 12.1 Å². The summed E-state index contributed by atoms with van der Waals surface area (Å²) in [6.45, 7) is 2.90. The predicted molar refractivity (Wildman–Crippen MR) is 79.5 cm³/mol. The van der Waals surface area contributed by atoms with Gasteiger partial charge < -0.3 is 15.1 Å². The van der Waals surface area contributed by atoms with E-state index in [1.165, 1.54) is 12.1 Å². The van der Waals surface area contributed by atoms with Gasteiger partial charge in [0.1, 0.15) is 5.82 Å². The third-order valence-corrected chi connectivity index (χ3v) is 4.54. The summed E-state index contributed by atoms with van der Waals surface area (Å²) in [4.78, 5) is 28.3. The van der Waals surface area contributed by atoms with E-state index in [4.69, 9.17) is 0 Å². The van der Waals surface area contributed by atoms with Gasteiger partial charge in [0.2, 0.25) is 11.8 Å². The van der Waals surface area contributed by atoms with Gasteiger partial charge in [0.05, 0.1) is 12.0 Å². The molecule has 0 spiro atoms. The highest BCUT2D eigenvalue weighted by Crippen LogP contribution is 2.38. The van der Waals surface area contributed by atoms with Gasteiger partial charge in [0.15, 0.2) is 0 Å². The van der Waals surface area contributed by atoms with Crippen molar-refractivity contribution >= 4 is 11.8 Å². The number of nitrogens with zero attached hydrogens (tertiary/aromatic N) is 2. The zero-order valence-electron chi connectivity index (χ0n) is 12.6. The molecule has 2 heterocycles. The standard InChI is InChI=1S/C16H20FN3O2/c1-19-14(21)10-13(16(22)20-8-6-18-7-9-20)15(19)11-2-4-12(17)5-3-11/h2-5,13,15,18H,6-10H2,1H3/t13-,15-/m1/s1. The largest absolute Gasteiger partial charge is 0.340 e. The van der Waals surface area contributed by atoms with Gasteiger partial charge in [0.25, 0.3) is 0 Å². The Balaban J connectivity index is 1.86. The minimum absolute atomic E-state index is 0.0218. The van der Waals surface area contributed by atoms with E-state index in [9.17, 15) is 14.0 Å². The van der Waals surface area contributed by atoms with E-state index in [-0.39, 0.29) is 36.0 Å². The van der Waals surface area contributed by atoms with E-state index in [0.717, 1.165) is 18.7 Å². The molecule has 0 aliphatic carbocycles. The number of likely N-dealkylation sites (tertiary alicyclic amines) is 1. The van der Waals surface area contributed by atoms with Crippen LogP contribution in [0.25, 0.3) is 0 Å². The lowest BCUT2D eigenvalue weighted by molar-refractivity contribution is -0.137. The molecule has 6 heteroatoms. The number of amides is 2. The van der Waals surface area contributed by atoms with E-state index in [1.807, 2.05) is 4.90 Å². The van der Waals surface area contributed by atoms with Crippen LogP contribution in [0.3, 0.4) is 0 Å². The van der Waals surface area contributed by atoms with Crippen LogP contribution in [0.15, 0.2) is 24.3 Å². The van der Waals surface area contributed by atoms with Crippen molar-refractivity contribution in [2.45, 2.75) is 12.5 Å². The molecule has 0 saturated carbocycles. The number of benzene rings is 1. The van der Waals surface area contributed by atoms with Crippen molar-refractivity contribution in [3.8, 4) is 0 Å². The molecule has 1 N–H and O–H groups in total. The lowest BCUT2D eigenvalue weighted by atomic mass is 9.92. The molecule has 2 atom stereocenters. The molecule has 0 unspecified atom stereocenters. The predicted octanol–water partition coefficient (Wildman–Crippen LogP) is 0.777. The molecule has 2 amide bonds. The fourth-order valence-corrected chi connectivity index (χ4v) is 3.33. The molecule has 22 heavy (non-hydrogen) atoms. The minimum atomic E-state index is -0.388. The van der Waals surface area contributed by atoms with Gasteiger partial charge in [-0.3, -0.25) is 9.59 Å². The summed E-state index contributed by atoms with van der Waals surface area (Å²) in [7, 11) is 1.71. The van der Waals surface area contributed by atoms with Crippen LogP contribution < -0.4 is 5.32 Å². The summed E-state index contributed by atoms with van der Waals surface area (Å²) in [5.41, 5.74) is 0.809. The molecule has 2 aliphatic heterocycles. The molecule has 118 valence electrons. The number of hydrogen-bond donors (Lipinski definition) is 1. The van der Waals surface area contributed by atoms with Crippen LogP contribution in [-0.2, 0) is 9.59 Å². The van der Waals surface area contributed by atoms with Gasteiger partial charge in [-0.05, 0) is 17.7 Å². The Morgan fingerprint density at radius 1 is 1.23 bits per heavy atom. The first-order valence-corrected chi connectivity index (χ1v) is 7.58. The molecule has 3 rings (SSSR count). The van der Waals surface area contributed by atoms with Crippen molar-refractivity contribution in [3.05, 3.63) is 35.6 Å². The molecular weight excluding hydrogens is 285 g/mol. The van der Waals surface area contributed by atoms with E-state index < -0.39 is 0 Å².